The van der Waals surface area contributed by atoms with Crippen LogP contribution in [0.1, 0.15) is 35.1 Å². The first-order valence-electron chi connectivity index (χ1n) is 9.32. The molecule has 130 valence electrons. The summed E-state index contributed by atoms with van der Waals surface area (Å²) >= 11 is 7.49. The van der Waals surface area contributed by atoms with Gasteiger partial charge in [0.2, 0.25) is 0 Å². The predicted octanol–water partition coefficient (Wildman–Crippen LogP) is 7.64. The second-order valence-electron chi connectivity index (χ2n) is 7.51. The summed E-state index contributed by atoms with van der Waals surface area (Å²) in [5, 5.41) is 0. The highest BCUT2D eigenvalue weighted by Crippen LogP contribution is 2.63. The molecule has 0 bridgehead atoms. The second kappa shape index (κ2) is 5.56. The first-order valence-corrected chi connectivity index (χ1v) is 10.9. The standard InChI is InChI=1S/C25H16Br2/c26-15-9-11-19-17-5-1-3-7-21(17)25(23(19)13-15)22-8-4-2-6-18(22)20-12-10-16(27)14-24(20)25/h1-3,5-7,9-14H,4,8H2. The van der Waals surface area contributed by atoms with E-state index in [0.717, 1.165) is 21.8 Å². The summed E-state index contributed by atoms with van der Waals surface area (Å²) in [5.41, 5.74) is 11.2. The Morgan fingerprint density at radius 2 is 1.37 bits per heavy atom. The summed E-state index contributed by atoms with van der Waals surface area (Å²) in [4.78, 5) is 0. The van der Waals surface area contributed by atoms with Crippen molar-refractivity contribution in [3.05, 3.63) is 110 Å². The van der Waals surface area contributed by atoms with Crippen molar-refractivity contribution in [3.63, 3.8) is 0 Å². The van der Waals surface area contributed by atoms with Crippen molar-refractivity contribution in [2.75, 3.05) is 0 Å². The largest absolute Gasteiger partial charge is 0.0836 e. The van der Waals surface area contributed by atoms with Gasteiger partial charge in [-0.05, 0) is 81.6 Å². The molecule has 2 heteroatoms. The average molecular weight is 476 g/mol. The summed E-state index contributed by atoms with van der Waals surface area (Å²) < 4.78 is 2.29. The maximum atomic E-state index is 3.74. The Labute approximate surface area is 175 Å². The second-order valence-corrected chi connectivity index (χ2v) is 9.34. The fourth-order valence-electron chi connectivity index (χ4n) is 5.40. The van der Waals surface area contributed by atoms with Crippen LogP contribution in [0.2, 0.25) is 0 Å². The minimum absolute atomic E-state index is 0.172. The minimum atomic E-state index is -0.172. The van der Waals surface area contributed by atoms with Crippen LogP contribution in [-0.2, 0) is 5.41 Å². The maximum Gasteiger partial charge on any atom is 0.0689 e. The smallest absolute Gasteiger partial charge is 0.0689 e. The van der Waals surface area contributed by atoms with Gasteiger partial charge in [0.1, 0.15) is 0 Å². The van der Waals surface area contributed by atoms with E-state index in [9.17, 15) is 0 Å². The highest BCUT2D eigenvalue weighted by molar-refractivity contribution is 9.10. The first kappa shape index (κ1) is 16.1. The molecule has 0 amide bonds. The van der Waals surface area contributed by atoms with Crippen LogP contribution in [0.5, 0.6) is 0 Å². The molecule has 0 aromatic heterocycles. The van der Waals surface area contributed by atoms with Crippen molar-refractivity contribution in [1.82, 2.24) is 0 Å². The van der Waals surface area contributed by atoms with Gasteiger partial charge < -0.3 is 0 Å². The van der Waals surface area contributed by atoms with Gasteiger partial charge in [-0.2, -0.15) is 0 Å². The molecule has 0 saturated heterocycles. The monoisotopic (exact) mass is 474 g/mol. The summed E-state index contributed by atoms with van der Waals surface area (Å²) in [6.45, 7) is 0. The molecule has 0 fully saturated rings. The summed E-state index contributed by atoms with van der Waals surface area (Å²) in [6.07, 6.45) is 6.89. The van der Waals surface area contributed by atoms with Gasteiger partial charge in [-0.15, -0.1) is 0 Å². The van der Waals surface area contributed by atoms with E-state index in [1.54, 1.807) is 5.57 Å². The van der Waals surface area contributed by atoms with Gasteiger partial charge in [-0.25, -0.2) is 0 Å². The molecule has 1 atom stereocenters. The number of rotatable bonds is 0. The van der Waals surface area contributed by atoms with Crippen molar-refractivity contribution in [3.8, 4) is 11.1 Å². The Morgan fingerprint density at radius 3 is 2.19 bits per heavy atom. The van der Waals surface area contributed by atoms with Crippen molar-refractivity contribution >= 4 is 37.4 Å². The van der Waals surface area contributed by atoms with Crippen LogP contribution in [0.4, 0.5) is 0 Å². The molecular formula is C25H16Br2. The zero-order valence-electron chi connectivity index (χ0n) is 14.6. The van der Waals surface area contributed by atoms with Gasteiger partial charge in [0.25, 0.3) is 0 Å². The zero-order valence-corrected chi connectivity index (χ0v) is 17.8. The van der Waals surface area contributed by atoms with Crippen molar-refractivity contribution in [2.45, 2.75) is 18.3 Å². The number of hydrogen-bond acceptors (Lipinski definition) is 0. The topological polar surface area (TPSA) is 0 Å². The number of fused-ring (bicyclic) bond motifs is 9. The number of allylic oxidation sites excluding steroid dienone is 4. The third kappa shape index (κ3) is 1.93. The fourth-order valence-corrected chi connectivity index (χ4v) is 6.12. The average Bonchev–Trinajstić information content (AvgIpc) is 3.14. The lowest BCUT2D eigenvalue weighted by Gasteiger charge is -2.33. The van der Waals surface area contributed by atoms with Crippen LogP contribution in [0.15, 0.2) is 87.3 Å². The predicted molar refractivity (Wildman–Crippen MR) is 119 cm³/mol. The minimum Gasteiger partial charge on any atom is -0.0836 e. The first-order chi connectivity index (χ1) is 13.2. The number of hydrogen-bond donors (Lipinski definition) is 0. The van der Waals surface area contributed by atoms with Crippen LogP contribution in [0.25, 0.3) is 16.7 Å². The quantitative estimate of drug-likeness (QED) is 0.313. The lowest BCUT2D eigenvalue weighted by molar-refractivity contribution is 0.713. The maximum absolute atomic E-state index is 3.74. The van der Waals surface area contributed by atoms with Gasteiger partial charge in [-0.3, -0.25) is 0 Å². The number of halogens is 2. The van der Waals surface area contributed by atoms with E-state index in [4.69, 9.17) is 0 Å². The number of benzene rings is 3. The summed E-state index contributed by atoms with van der Waals surface area (Å²) in [7, 11) is 0. The molecule has 3 aromatic rings. The Balaban J connectivity index is 1.84. The molecule has 3 aliphatic rings. The van der Waals surface area contributed by atoms with Crippen molar-refractivity contribution in [1.29, 1.82) is 0 Å². The van der Waals surface area contributed by atoms with Crippen LogP contribution in [-0.4, -0.2) is 0 Å². The van der Waals surface area contributed by atoms with Crippen molar-refractivity contribution in [2.24, 2.45) is 0 Å². The highest BCUT2D eigenvalue weighted by atomic mass is 79.9. The Bertz CT molecular complexity index is 1200. The summed E-state index contributed by atoms with van der Waals surface area (Å²) in [6, 6.07) is 22.6. The molecule has 0 heterocycles. The highest BCUT2D eigenvalue weighted by Gasteiger charge is 2.52. The van der Waals surface area contributed by atoms with Crippen LogP contribution in [0, 0.1) is 0 Å². The molecule has 0 nitrogen and oxygen atoms in total. The van der Waals surface area contributed by atoms with Gasteiger partial charge in [0.05, 0.1) is 5.41 Å². The molecule has 0 N–H and O–H groups in total. The molecule has 0 saturated carbocycles. The third-order valence-electron chi connectivity index (χ3n) is 6.31. The Morgan fingerprint density at radius 1 is 0.704 bits per heavy atom. The van der Waals surface area contributed by atoms with E-state index in [1.807, 2.05) is 0 Å². The third-order valence-corrected chi connectivity index (χ3v) is 7.29. The fraction of sp³-hybridized carbons (Fsp3) is 0.120. The molecule has 1 unspecified atom stereocenters. The molecule has 3 aromatic carbocycles. The van der Waals surface area contributed by atoms with E-state index in [1.165, 1.54) is 39.0 Å². The van der Waals surface area contributed by atoms with Gasteiger partial charge in [0.15, 0.2) is 0 Å². The molecule has 1 spiro atoms. The molecular weight excluding hydrogens is 460 g/mol. The van der Waals surface area contributed by atoms with Crippen LogP contribution >= 0.6 is 31.9 Å². The lowest BCUT2D eigenvalue weighted by atomic mass is 9.68. The molecule has 0 radical (unpaired) electrons. The molecule has 27 heavy (non-hydrogen) atoms. The van der Waals surface area contributed by atoms with E-state index in [2.05, 4.69) is 105 Å². The Hall–Kier alpha value is -1.90. The SMILES string of the molecule is Brc1ccc2c(c1)C1(C3=C2C=CCC3)c2ccccc2-c2ccc(Br)cc21. The molecule has 0 aliphatic heterocycles. The van der Waals surface area contributed by atoms with Crippen LogP contribution < -0.4 is 0 Å². The van der Waals surface area contributed by atoms with E-state index < -0.39 is 0 Å². The van der Waals surface area contributed by atoms with E-state index in [0.29, 0.717) is 0 Å². The normalized spacial score (nSPS) is 21.3. The van der Waals surface area contributed by atoms with Gasteiger partial charge in [-0.1, -0.05) is 80.4 Å². The molecule has 3 aliphatic carbocycles. The lowest BCUT2D eigenvalue weighted by Crippen LogP contribution is -2.27. The molecule has 6 rings (SSSR count). The zero-order chi connectivity index (χ0) is 18.2. The Kier molecular flexibility index (Phi) is 3.31. The van der Waals surface area contributed by atoms with Gasteiger partial charge >= 0.3 is 0 Å². The van der Waals surface area contributed by atoms with Crippen LogP contribution in [0.3, 0.4) is 0 Å². The van der Waals surface area contributed by atoms with Crippen molar-refractivity contribution < 1.29 is 0 Å². The van der Waals surface area contributed by atoms with E-state index >= 15 is 0 Å². The van der Waals surface area contributed by atoms with Gasteiger partial charge in [0, 0.05) is 8.95 Å². The van der Waals surface area contributed by atoms with E-state index in [-0.39, 0.29) is 5.41 Å². The summed E-state index contributed by atoms with van der Waals surface area (Å²) in [5.74, 6) is 0.